The lowest BCUT2D eigenvalue weighted by Gasteiger charge is -2.47. The fourth-order valence-electron chi connectivity index (χ4n) is 5.28. The standard InChI is InChI=1S/C24H43NO3S/c1-4-10-20(26)13-8-6-5-7-11-19-12-9-14-22-21(19)17-23(18(2)25-22)28-24(27)15-16-29-3/h15-16,18-23,25-26H,4-14,17H2,1-3H3/b16-15+/t18?,19-,20-,21?,22?,23?/m0/s1. The molecular formula is C24H43NO3S. The third-order valence-corrected chi connectivity index (χ3v) is 7.25. The van der Waals surface area contributed by atoms with Crippen molar-refractivity contribution in [1.29, 1.82) is 0 Å². The lowest BCUT2D eigenvalue weighted by Crippen LogP contribution is -2.57. The Balaban J connectivity index is 1.75. The number of thioether (sulfide) groups is 1. The maximum Gasteiger partial charge on any atom is 0.331 e. The van der Waals surface area contributed by atoms with Gasteiger partial charge < -0.3 is 15.2 Å². The Morgan fingerprint density at radius 1 is 1.24 bits per heavy atom. The van der Waals surface area contributed by atoms with Crippen LogP contribution in [0.1, 0.15) is 90.9 Å². The molecule has 29 heavy (non-hydrogen) atoms. The van der Waals surface area contributed by atoms with Crippen molar-refractivity contribution in [2.24, 2.45) is 11.8 Å². The van der Waals surface area contributed by atoms with E-state index < -0.39 is 0 Å². The van der Waals surface area contributed by atoms with Crippen LogP contribution in [-0.2, 0) is 9.53 Å². The molecule has 0 aromatic carbocycles. The van der Waals surface area contributed by atoms with Crippen molar-refractivity contribution in [2.75, 3.05) is 6.26 Å². The van der Waals surface area contributed by atoms with Crippen LogP contribution in [0, 0.1) is 11.8 Å². The van der Waals surface area contributed by atoms with Crippen LogP contribution in [0.5, 0.6) is 0 Å². The number of hydrogen-bond donors (Lipinski definition) is 2. The molecule has 2 fully saturated rings. The molecule has 1 aliphatic heterocycles. The second kappa shape index (κ2) is 13.7. The molecule has 0 aromatic rings. The Hall–Kier alpha value is -0.520. The summed E-state index contributed by atoms with van der Waals surface area (Å²) in [7, 11) is 0. The molecule has 0 bridgehead atoms. The van der Waals surface area contributed by atoms with Crippen molar-refractivity contribution in [3.05, 3.63) is 11.5 Å². The van der Waals surface area contributed by atoms with Gasteiger partial charge in [0.25, 0.3) is 0 Å². The third kappa shape index (κ3) is 8.63. The molecule has 4 nitrogen and oxygen atoms in total. The van der Waals surface area contributed by atoms with E-state index in [1.807, 2.05) is 6.26 Å². The fourth-order valence-corrected chi connectivity index (χ4v) is 5.52. The van der Waals surface area contributed by atoms with Crippen molar-refractivity contribution in [2.45, 2.75) is 115 Å². The van der Waals surface area contributed by atoms with E-state index in [4.69, 9.17) is 4.74 Å². The van der Waals surface area contributed by atoms with Gasteiger partial charge in [-0.05, 0) is 56.1 Å². The Kier molecular flexibility index (Phi) is 11.7. The highest BCUT2D eigenvalue weighted by Gasteiger charge is 2.41. The summed E-state index contributed by atoms with van der Waals surface area (Å²) in [6.45, 7) is 4.29. The Bertz CT molecular complexity index is 499. The minimum Gasteiger partial charge on any atom is -0.458 e. The summed E-state index contributed by atoms with van der Waals surface area (Å²) in [5, 5.41) is 15.4. The molecule has 6 atom stereocenters. The predicted octanol–water partition coefficient (Wildman–Crippen LogP) is 5.44. The van der Waals surface area contributed by atoms with Crippen LogP contribution in [0.25, 0.3) is 0 Å². The van der Waals surface area contributed by atoms with Gasteiger partial charge in [0.1, 0.15) is 6.10 Å². The van der Waals surface area contributed by atoms with Crippen molar-refractivity contribution in [1.82, 2.24) is 5.32 Å². The van der Waals surface area contributed by atoms with E-state index >= 15 is 0 Å². The molecule has 0 amide bonds. The highest BCUT2D eigenvalue weighted by atomic mass is 32.2. The van der Waals surface area contributed by atoms with Gasteiger partial charge in [-0.1, -0.05) is 58.3 Å². The van der Waals surface area contributed by atoms with Gasteiger partial charge in [0.05, 0.1) is 6.10 Å². The number of carbonyl (C=O) groups is 1. The number of hydrogen-bond acceptors (Lipinski definition) is 5. The minimum absolute atomic E-state index is 0.0177. The summed E-state index contributed by atoms with van der Waals surface area (Å²) in [5.41, 5.74) is 0. The van der Waals surface area contributed by atoms with Crippen LogP contribution < -0.4 is 5.32 Å². The molecule has 0 radical (unpaired) electrons. The first kappa shape index (κ1) is 24.7. The van der Waals surface area contributed by atoms with E-state index in [-0.39, 0.29) is 24.2 Å². The van der Waals surface area contributed by atoms with Gasteiger partial charge in [-0.15, -0.1) is 11.8 Å². The molecule has 1 heterocycles. The van der Waals surface area contributed by atoms with Gasteiger partial charge in [0, 0.05) is 18.2 Å². The van der Waals surface area contributed by atoms with E-state index in [1.165, 1.54) is 56.7 Å². The molecule has 0 aromatic heterocycles. The highest BCUT2D eigenvalue weighted by molar-refractivity contribution is 8.01. The summed E-state index contributed by atoms with van der Waals surface area (Å²) in [4.78, 5) is 12.1. The molecule has 2 rings (SSSR count). The smallest absolute Gasteiger partial charge is 0.331 e. The quantitative estimate of drug-likeness (QED) is 0.248. The normalized spacial score (nSPS) is 30.8. The van der Waals surface area contributed by atoms with Gasteiger partial charge in [0.15, 0.2) is 0 Å². The van der Waals surface area contributed by atoms with E-state index in [1.54, 1.807) is 11.5 Å². The number of esters is 1. The molecule has 0 spiro atoms. The van der Waals surface area contributed by atoms with E-state index in [0.29, 0.717) is 12.0 Å². The molecule has 168 valence electrons. The number of piperidine rings is 1. The molecular weight excluding hydrogens is 382 g/mol. The van der Waals surface area contributed by atoms with E-state index in [0.717, 1.165) is 38.0 Å². The molecule has 2 aliphatic rings. The van der Waals surface area contributed by atoms with Gasteiger partial charge in [-0.3, -0.25) is 0 Å². The van der Waals surface area contributed by atoms with Gasteiger partial charge >= 0.3 is 5.97 Å². The second-order valence-electron chi connectivity index (χ2n) is 9.10. The number of nitrogens with one attached hydrogen (secondary N) is 1. The maximum absolute atomic E-state index is 12.1. The Morgan fingerprint density at radius 2 is 2.03 bits per heavy atom. The van der Waals surface area contributed by atoms with Crippen molar-refractivity contribution in [3.63, 3.8) is 0 Å². The average molecular weight is 426 g/mol. The topological polar surface area (TPSA) is 58.6 Å². The van der Waals surface area contributed by atoms with Gasteiger partial charge in [-0.2, -0.15) is 0 Å². The van der Waals surface area contributed by atoms with Crippen molar-refractivity contribution < 1.29 is 14.6 Å². The first-order valence-electron chi connectivity index (χ1n) is 11.9. The number of rotatable bonds is 12. The van der Waals surface area contributed by atoms with Crippen LogP contribution in [0.15, 0.2) is 11.5 Å². The number of aliphatic hydroxyl groups is 1. The fraction of sp³-hybridized carbons (Fsp3) is 0.875. The van der Waals surface area contributed by atoms with Crippen LogP contribution in [0.2, 0.25) is 0 Å². The SMILES string of the molecule is CCC[C@H](O)CCCCCC[C@H]1CCCC2NC(C)C(OC(=O)/C=C/SC)CC21. The number of unbranched alkanes of at least 4 members (excludes halogenated alkanes) is 3. The zero-order valence-corrected chi connectivity index (χ0v) is 19.6. The second-order valence-corrected chi connectivity index (χ2v) is 9.84. The summed E-state index contributed by atoms with van der Waals surface area (Å²) in [6.07, 6.45) is 17.5. The maximum atomic E-state index is 12.1. The summed E-state index contributed by atoms with van der Waals surface area (Å²) >= 11 is 1.52. The largest absolute Gasteiger partial charge is 0.458 e. The average Bonchev–Trinajstić information content (AvgIpc) is 2.70. The van der Waals surface area contributed by atoms with Crippen LogP contribution in [-0.4, -0.2) is 41.6 Å². The first-order valence-corrected chi connectivity index (χ1v) is 13.2. The number of ether oxygens (including phenoxy) is 1. The highest BCUT2D eigenvalue weighted by Crippen LogP contribution is 2.40. The number of carbonyl (C=O) groups excluding carboxylic acids is 1. The van der Waals surface area contributed by atoms with Crippen LogP contribution in [0.4, 0.5) is 0 Å². The molecule has 1 saturated heterocycles. The van der Waals surface area contributed by atoms with Crippen molar-refractivity contribution >= 4 is 17.7 Å². The van der Waals surface area contributed by atoms with Crippen LogP contribution in [0.3, 0.4) is 0 Å². The summed E-state index contributed by atoms with van der Waals surface area (Å²) < 4.78 is 5.78. The Morgan fingerprint density at radius 3 is 2.79 bits per heavy atom. The molecule has 1 aliphatic carbocycles. The van der Waals surface area contributed by atoms with Crippen molar-refractivity contribution in [3.8, 4) is 0 Å². The zero-order chi connectivity index (χ0) is 21.1. The molecule has 4 unspecified atom stereocenters. The predicted molar refractivity (Wildman–Crippen MR) is 123 cm³/mol. The first-order chi connectivity index (χ1) is 14.0. The molecule has 5 heteroatoms. The summed E-state index contributed by atoms with van der Waals surface area (Å²) in [5.74, 6) is 1.17. The van der Waals surface area contributed by atoms with E-state index in [9.17, 15) is 9.90 Å². The van der Waals surface area contributed by atoms with Gasteiger partial charge in [-0.25, -0.2) is 4.79 Å². The van der Waals surface area contributed by atoms with Crippen LogP contribution >= 0.6 is 11.8 Å². The van der Waals surface area contributed by atoms with E-state index in [2.05, 4.69) is 19.2 Å². The number of fused-ring (bicyclic) bond motifs is 1. The summed E-state index contributed by atoms with van der Waals surface area (Å²) in [6, 6.07) is 0.820. The Labute approximate surface area is 182 Å². The lowest BCUT2D eigenvalue weighted by molar-refractivity contribution is -0.148. The monoisotopic (exact) mass is 425 g/mol. The minimum atomic E-state index is -0.214. The van der Waals surface area contributed by atoms with Gasteiger partial charge in [0.2, 0.25) is 0 Å². The lowest BCUT2D eigenvalue weighted by atomic mass is 9.68. The molecule has 2 N–H and O–H groups in total. The third-order valence-electron chi connectivity index (χ3n) is 6.84. The molecule has 1 saturated carbocycles. The zero-order valence-electron chi connectivity index (χ0n) is 18.8. The number of aliphatic hydroxyl groups excluding tert-OH is 1.